The van der Waals surface area contributed by atoms with Gasteiger partial charge in [-0.3, -0.25) is 4.79 Å². The van der Waals surface area contributed by atoms with Crippen molar-refractivity contribution in [1.29, 1.82) is 0 Å². The maximum Gasteiger partial charge on any atom is 0.307 e. The largest absolute Gasteiger partial charge is 0.507 e. The zero-order valence-corrected chi connectivity index (χ0v) is 10.2. The van der Waals surface area contributed by atoms with Crippen molar-refractivity contribution >= 4 is 17.6 Å². The molecule has 0 atom stereocenters. The van der Waals surface area contributed by atoms with Gasteiger partial charge in [0.1, 0.15) is 5.75 Å². The molecule has 0 radical (unpaired) electrons. The minimum Gasteiger partial charge on any atom is -0.507 e. The van der Waals surface area contributed by atoms with E-state index in [2.05, 4.69) is 0 Å². The fourth-order valence-electron chi connectivity index (χ4n) is 1.77. The average Bonchev–Trinajstić information content (AvgIpc) is 2.30. The van der Waals surface area contributed by atoms with Crippen LogP contribution in [0.5, 0.6) is 5.75 Å². The number of aliphatic carboxylic acids is 1. The van der Waals surface area contributed by atoms with Crippen molar-refractivity contribution in [2.45, 2.75) is 6.42 Å². The molecule has 3 nitrogen and oxygen atoms in total. The second kappa shape index (κ2) is 5.10. The van der Waals surface area contributed by atoms with E-state index >= 15 is 0 Å². The van der Waals surface area contributed by atoms with E-state index in [1.165, 1.54) is 6.07 Å². The number of hydrogen-bond acceptors (Lipinski definition) is 2. The van der Waals surface area contributed by atoms with Crippen molar-refractivity contribution in [2.75, 3.05) is 0 Å². The Balaban J connectivity index is 2.42. The maximum absolute atomic E-state index is 10.6. The molecule has 0 saturated carbocycles. The third-order valence-corrected chi connectivity index (χ3v) is 2.91. The molecule has 0 bridgehead atoms. The lowest BCUT2D eigenvalue weighted by Gasteiger charge is -2.08. The molecule has 0 unspecified atom stereocenters. The summed E-state index contributed by atoms with van der Waals surface area (Å²) < 4.78 is 0. The van der Waals surface area contributed by atoms with Crippen molar-refractivity contribution in [1.82, 2.24) is 0 Å². The van der Waals surface area contributed by atoms with Crippen molar-refractivity contribution < 1.29 is 15.0 Å². The topological polar surface area (TPSA) is 57.5 Å². The zero-order valence-electron chi connectivity index (χ0n) is 9.43. The summed E-state index contributed by atoms with van der Waals surface area (Å²) in [5.74, 6) is -0.901. The van der Waals surface area contributed by atoms with Crippen LogP contribution >= 0.6 is 11.6 Å². The first-order valence-corrected chi connectivity index (χ1v) is 5.74. The second-order valence-electron chi connectivity index (χ2n) is 3.90. The normalized spacial score (nSPS) is 10.3. The summed E-state index contributed by atoms with van der Waals surface area (Å²) in [6.07, 6.45) is -0.115. The average molecular weight is 263 g/mol. The van der Waals surface area contributed by atoms with E-state index in [1.807, 2.05) is 12.1 Å². The molecular formula is C14H11ClO3. The summed E-state index contributed by atoms with van der Waals surface area (Å²) in [4.78, 5) is 10.6. The van der Waals surface area contributed by atoms with Gasteiger partial charge in [0.05, 0.1) is 6.42 Å². The van der Waals surface area contributed by atoms with Crippen molar-refractivity contribution in [3.05, 3.63) is 53.1 Å². The van der Waals surface area contributed by atoms with Gasteiger partial charge >= 0.3 is 5.97 Å². The molecule has 92 valence electrons. The second-order valence-corrected chi connectivity index (χ2v) is 4.31. The van der Waals surface area contributed by atoms with E-state index in [9.17, 15) is 9.90 Å². The van der Waals surface area contributed by atoms with Crippen molar-refractivity contribution in [3.8, 4) is 16.9 Å². The quantitative estimate of drug-likeness (QED) is 0.892. The molecule has 0 aliphatic rings. The monoisotopic (exact) mass is 262 g/mol. The van der Waals surface area contributed by atoms with Crippen LogP contribution in [0.2, 0.25) is 5.02 Å². The molecule has 0 aromatic heterocycles. The van der Waals surface area contributed by atoms with Crippen LogP contribution in [-0.4, -0.2) is 16.2 Å². The maximum atomic E-state index is 10.6. The Kier molecular flexibility index (Phi) is 3.53. The number of halogens is 1. The van der Waals surface area contributed by atoms with Gasteiger partial charge in [-0.15, -0.1) is 0 Å². The Morgan fingerprint density at radius 3 is 2.44 bits per heavy atom. The van der Waals surface area contributed by atoms with Crippen LogP contribution in [0.1, 0.15) is 5.56 Å². The lowest BCUT2D eigenvalue weighted by molar-refractivity contribution is -0.136. The highest BCUT2D eigenvalue weighted by Gasteiger charge is 2.09. The molecule has 0 amide bonds. The first-order valence-electron chi connectivity index (χ1n) is 5.36. The lowest BCUT2D eigenvalue weighted by Crippen LogP contribution is -1.99. The number of carboxylic acids is 1. The van der Waals surface area contributed by atoms with Gasteiger partial charge in [0, 0.05) is 16.1 Å². The summed E-state index contributed by atoms with van der Waals surface area (Å²) in [5, 5.41) is 19.2. The lowest BCUT2D eigenvalue weighted by atomic mass is 10.0. The third-order valence-electron chi connectivity index (χ3n) is 2.58. The summed E-state index contributed by atoms with van der Waals surface area (Å²) in [7, 11) is 0. The number of hydrogen-bond donors (Lipinski definition) is 2. The summed E-state index contributed by atoms with van der Waals surface area (Å²) in [6.45, 7) is 0. The molecule has 0 fully saturated rings. The van der Waals surface area contributed by atoms with Crippen LogP contribution in [0.3, 0.4) is 0 Å². The van der Waals surface area contributed by atoms with Crippen molar-refractivity contribution in [3.63, 3.8) is 0 Å². The van der Waals surface area contributed by atoms with Crippen LogP contribution in [0.25, 0.3) is 11.1 Å². The molecule has 0 aliphatic carbocycles. The molecule has 2 N–H and O–H groups in total. The SMILES string of the molecule is O=C(O)Cc1ccc(-c2ccccc2Cl)c(O)c1. The van der Waals surface area contributed by atoms with Gasteiger partial charge in [0.25, 0.3) is 0 Å². The Morgan fingerprint density at radius 1 is 1.11 bits per heavy atom. The van der Waals surface area contributed by atoms with E-state index in [1.54, 1.807) is 24.3 Å². The van der Waals surface area contributed by atoms with Gasteiger partial charge < -0.3 is 10.2 Å². The van der Waals surface area contributed by atoms with Gasteiger partial charge in [-0.25, -0.2) is 0 Å². The van der Waals surface area contributed by atoms with E-state index in [0.29, 0.717) is 16.1 Å². The van der Waals surface area contributed by atoms with Gasteiger partial charge in [-0.1, -0.05) is 41.9 Å². The molecular weight excluding hydrogens is 252 g/mol. The predicted octanol–water partition coefficient (Wildman–Crippen LogP) is 3.34. The molecule has 0 saturated heterocycles. The van der Waals surface area contributed by atoms with E-state index < -0.39 is 5.97 Å². The van der Waals surface area contributed by atoms with Crippen LogP contribution in [0, 0.1) is 0 Å². The Morgan fingerprint density at radius 2 is 1.83 bits per heavy atom. The smallest absolute Gasteiger partial charge is 0.307 e. The summed E-state index contributed by atoms with van der Waals surface area (Å²) in [5.41, 5.74) is 1.86. The number of phenols is 1. The molecule has 0 aliphatic heterocycles. The van der Waals surface area contributed by atoms with Gasteiger partial charge in [-0.05, 0) is 17.7 Å². The highest BCUT2D eigenvalue weighted by atomic mass is 35.5. The van der Waals surface area contributed by atoms with Gasteiger partial charge in [0.15, 0.2) is 0 Å². The van der Waals surface area contributed by atoms with Crippen LogP contribution in [0.15, 0.2) is 42.5 Å². The van der Waals surface area contributed by atoms with E-state index in [4.69, 9.17) is 16.7 Å². The molecule has 2 aromatic carbocycles. The highest BCUT2D eigenvalue weighted by Crippen LogP contribution is 2.34. The Hall–Kier alpha value is -2.00. The minimum absolute atomic E-state index is 0.0295. The number of benzene rings is 2. The minimum atomic E-state index is -0.931. The molecule has 4 heteroatoms. The summed E-state index contributed by atoms with van der Waals surface area (Å²) in [6, 6.07) is 12.0. The number of carboxylic acid groups (broad SMARTS) is 1. The van der Waals surface area contributed by atoms with Crippen molar-refractivity contribution in [2.24, 2.45) is 0 Å². The standard InChI is InChI=1S/C14H11ClO3/c15-12-4-2-1-3-10(12)11-6-5-9(7-13(11)16)8-14(17)18/h1-7,16H,8H2,(H,17,18). The number of carbonyl (C=O) groups is 1. The highest BCUT2D eigenvalue weighted by molar-refractivity contribution is 6.33. The molecule has 0 heterocycles. The van der Waals surface area contributed by atoms with Crippen LogP contribution in [-0.2, 0) is 11.2 Å². The summed E-state index contributed by atoms with van der Waals surface area (Å²) >= 11 is 6.05. The number of aromatic hydroxyl groups is 1. The molecule has 2 rings (SSSR count). The number of rotatable bonds is 3. The van der Waals surface area contributed by atoms with Gasteiger partial charge in [0.2, 0.25) is 0 Å². The Bertz CT molecular complexity index is 593. The first kappa shape index (κ1) is 12.5. The van der Waals surface area contributed by atoms with Crippen LogP contribution in [0.4, 0.5) is 0 Å². The predicted molar refractivity (Wildman–Crippen MR) is 69.9 cm³/mol. The van der Waals surface area contributed by atoms with Crippen LogP contribution < -0.4 is 0 Å². The van der Waals surface area contributed by atoms with Gasteiger partial charge in [-0.2, -0.15) is 0 Å². The number of phenolic OH excluding ortho intramolecular Hbond substituents is 1. The van der Waals surface area contributed by atoms with E-state index in [0.717, 1.165) is 5.56 Å². The molecule has 2 aromatic rings. The zero-order chi connectivity index (χ0) is 13.1. The fourth-order valence-corrected chi connectivity index (χ4v) is 2.01. The van der Waals surface area contributed by atoms with E-state index in [-0.39, 0.29) is 12.2 Å². The fraction of sp³-hybridized carbons (Fsp3) is 0.0714. The molecule has 0 spiro atoms. The first-order chi connectivity index (χ1) is 8.58. The third kappa shape index (κ3) is 2.63. The molecule has 18 heavy (non-hydrogen) atoms. The Labute approximate surface area is 109 Å².